The van der Waals surface area contributed by atoms with E-state index in [4.69, 9.17) is 4.74 Å². The van der Waals surface area contributed by atoms with Gasteiger partial charge in [0, 0.05) is 5.92 Å². The molecule has 0 bridgehead atoms. The van der Waals surface area contributed by atoms with E-state index in [-0.39, 0.29) is 12.5 Å². The number of aryl methyl sites for hydroxylation is 1. The van der Waals surface area contributed by atoms with Crippen molar-refractivity contribution in [3.8, 4) is 5.75 Å². The fraction of sp³-hybridized carbons (Fsp3) is 0.294. The van der Waals surface area contributed by atoms with Gasteiger partial charge < -0.3 is 9.84 Å². The Morgan fingerprint density at radius 1 is 1.11 bits per heavy atom. The molecule has 2 nitrogen and oxygen atoms in total. The summed E-state index contributed by atoms with van der Waals surface area (Å²) in [5.41, 5.74) is 3.61. The molecule has 0 saturated carbocycles. The zero-order chi connectivity index (χ0) is 13.7. The molecule has 0 spiro atoms. The Kier molecular flexibility index (Phi) is 4.58. The molecule has 2 aromatic rings. The smallest absolute Gasteiger partial charge is 0.119 e. The van der Waals surface area contributed by atoms with Crippen molar-refractivity contribution in [1.29, 1.82) is 0 Å². The lowest BCUT2D eigenvalue weighted by Gasteiger charge is -2.15. The van der Waals surface area contributed by atoms with Crippen molar-refractivity contribution >= 4 is 0 Å². The van der Waals surface area contributed by atoms with Gasteiger partial charge >= 0.3 is 0 Å². The van der Waals surface area contributed by atoms with Crippen LogP contribution in [-0.4, -0.2) is 18.8 Å². The minimum absolute atomic E-state index is 0.109. The molecular formula is C17H20O2. The summed E-state index contributed by atoms with van der Waals surface area (Å²) < 4.78 is 5.23. The van der Waals surface area contributed by atoms with Gasteiger partial charge in [-0.1, -0.05) is 42.0 Å². The number of ether oxygens (including phenoxy) is 1. The number of hydrogen-bond acceptors (Lipinski definition) is 2. The molecule has 1 atom stereocenters. The van der Waals surface area contributed by atoms with Crippen LogP contribution in [-0.2, 0) is 6.42 Å². The number of benzene rings is 2. The summed E-state index contributed by atoms with van der Waals surface area (Å²) in [5.74, 6) is 0.942. The summed E-state index contributed by atoms with van der Waals surface area (Å²) in [5, 5.41) is 9.62. The molecule has 0 fully saturated rings. The Morgan fingerprint density at radius 2 is 1.84 bits per heavy atom. The monoisotopic (exact) mass is 256 g/mol. The molecule has 0 aliphatic rings. The van der Waals surface area contributed by atoms with Gasteiger partial charge in [-0.25, -0.2) is 0 Å². The van der Waals surface area contributed by atoms with Crippen molar-refractivity contribution in [2.75, 3.05) is 13.7 Å². The Labute approximate surface area is 114 Å². The quantitative estimate of drug-likeness (QED) is 0.889. The highest BCUT2D eigenvalue weighted by atomic mass is 16.5. The second-order valence-corrected chi connectivity index (χ2v) is 4.85. The molecule has 0 aliphatic carbocycles. The molecule has 0 amide bonds. The average molecular weight is 256 g/mol. The van der Waals surface area contributed by atoms with Crippen LogP contribution in [0.1, 0.15) is 22.6 Å². The zero-order valence-electron chi connectivity index (χ0n) is 11.5. The molecule has 2 heteroatoms. The highest BCUT2D eigenvalue weighted by Gasteiger charge is 2.12. The average Bonchev–Trinajstić information content (AvgIpc) is 2.46. The fourth-order valence-corrected chi connectivity index (χ4v) is 2.19. The first-order chi connectivity index (χ1) is 9.22. The number of hydrogen-bond donors (Lipinski definition) is 1. The predicted molar refractivity (Wildman–Crippen MR) is 77.7 cm³/mol. The van der Waals surface area contributed by atoms with Crippen LogP contribution in [0.5, 0.6) is 5.75 Å². The molecule has 0 heterocycles. The maximum Gasteiger partial charge on any atom is 0.119 e. The van der Waals surface area contributed by atoms with Crippen molar-refractivity contribution in [3.05, 3.63) is 65.2 Å². The van der Waals surface area contributed by atoms with E-state index in [1.165, 1.54) is 11.1 Å². The molecule has 19 heavy (non-hydrogen) atoms. The maximum absolute atomic E-state index is 9.62. The summed E-state index contributed by atoms with van der Waals surface area (Å²) in [6.07, 6.45) is 0.837. The number of rotatable bonds is 5. The van der Waals surface area contributed by atoms with Gasteiger partial charge in [0.05, 0.1) is 13.7 Å². The van der Waals surface area contributed by atoms with Crippen LogP contribution >= 0.6 is 0 Å². The zero-order valence-corrected chi connectivity index (χ0v) is 11.5. The normalized spacial score (nSPS) is 12.2. The van der Waals surface area contributed by atoms with E-state index in [1.54, 1.807) is 7.11 Å². The van der Waals surface area contributed by atoms with Crippen LogP contribution < -0.4 is 4.74 Å². The Morgan fingerprint density at radius 3 is 2.47 bits per heavy atom. The maximum atomic E-state index is 9.62. The van der Waals surface area contributed by atoms with Gasteiger partial charge in [-0.15, -0.1) is 0 Å². The molecule has 1 unspecified atom stereocenters. The molecule has 0 aliphatic heterocycles. The summed E-state index contributed by atoms with van der Waals surface area (Å²) in [4.78, 5) is 0. The molecule has 0 radical (unpaired) electrons. The lowest BCUT2D eigenvalue weighted by Crippen LogP contribution is -2.08. The number of methoxy groups -OCH3 is 1. The topological polar surface area (TPSA) is 29.5 Å². The SMILES string of the molecule is COc1cccc(C(CO)Cc2ccc(C)cc2)c1. The Balaban J connectivity index is 2.17. The van der Waals surface area contributed by atoms with Gasteiger partial charge in [0.2, 0.25) is 0 Å². The van der Waals surface area contributed by atoms with Crippen LogP contribution in [0, 0.1) is 6.92 Å². The van der Waals surface area contributed by atoms with E-state index >= 15 is 0 Å². The van der Waals surface area contributed by atoms with Crippen molar-refractivity contribution in [3.63, 3.8) is 0 Å². The van der Waals surface area contributed by atoms with Crippen LogP contribution in [0.4, 0.5) is 0 Å². The standard InChI is InChI=1S/C17H20O2/c1-13-6-8-14(9-7-13)10-16(12-18)15-4-3-5-17(11-15)19-2/h3-9,11,16,18H,10,12H2,1-2H3. The largest absolute Gasteiger partial charge is 0.497 e. The van der Waals surface area contributed by atoms with E-state index in [9.17, 15) is 5.11 Å². The van der Waals surface area contributed by atoms with Gasteiger partial charge in [-0.2, -0.15) is 0 Å². The second-order valence-electron chi connectivity index (χ2n) is 4.85. The Hall–Kier alpha value is -1.80. The van der Waals surface area contributed by atoms with Crippen molar-refractivity contribution in [2.45, 2.75) is 19.3 Å². The summed E-state index contributed by atoms with van der Waals surface area (Å²) >= 11 is 0. The summed E-state index contributed by atoms with van der Waals surface area (Å²) in [7, 11) is 1.66. The first kappa shape index (κ1) is 13.6. The second kappa shape index (κ2) is 6.39. The van der Waals surface area contributed by atoms with Crippen molar-refractivity contribution in [1.82, 2.24) is 0 Å². The van der Waals surface area contributed by atoms with E-state index in [0.29, 0.717) is 0 Å². The molecule has 2 aromatic carbocycles. The minimum Gasteiger partial charge on any atom is -0.497 e. The van der Waals surface area contributed by atoms with Gasteiger partial charge in [0.1, 0.15) is 5.75 Å². The molecule has 2 rings (SSSR count). The highest BCUT2D eigenvalue weighted by Crippen LogP contribution is 2.24. The van der Waals surface area contributed by atoms with Crippen LogP contribution in [0.25, 0.3) is 0 Å². The van der Waals surface area contributed by atoms with Gasteiger partial charge in [0.15, 0.2) is 0 Å². The molecule has 0 saturated heterocycles. The highest BCUT2D eigenvalue weighted by molar-refractivity contribution is 5.32. The fourth-order valence-electron chi connectivity index (χ4n) is 2.19. The first-order valence-corrected chi connectivity index (χ1v) is 6.53. The van der Waals surface area contributed by atoms with E-state index in [0.717, 1.165) is 17.7 Å². The third-order valence-electron chi connectivity index (χ3n) is 3.39. The number of aliphatic hydroxyl groups excluding tert-OH is 1. The van der Waals surface area contributed by atoms with Crippen molar-refractivity contribution in [2.24, 2.45) is 0 Å². The van der Waals surface area contributed by atoms with Crippen LogP contribution in [0.3, 0.4) is 0 Å². The van der Waals surface area contributed by atoms with E-state index < -0.39 is 0 Å². The predicted octanol–water partition coefficient (Wildman–Crippen LogP) is 3.32. The lowest BCUT2D eigenvalue weighted by atomic mass is 9.92. The molecule has 0 aromatic heterocycles. The third-order valence-corrected chi connectivity index (χ3v) is 3.39. The lowest BCUT2D eigenvalue weighted by molar-refractivity contribution is 0.264. The minimum atomic E-state index is 0.109. The van der Waals surface area contributed by atoms with E-state index in [1.807, 2.05) is 24.3 Å². The summed E-state index contributed by atoms with van der Waals surface area (Å²) in [6.45, 7) is 2.22. The molecular weight excluding hydrogens is 236 g/mol. The van der Waals surface area contributed by atoms with E-state index in [2.05, 4.69) is 31.2 Å². The van der Waals surface area contributed by atoms with Crippen LogP contribution in [0.15, 0.2) is 48.5 Å². The van der Waals surface area contributed by atoms with Gasteiger partial charge in [0.25, 0.3) is 0 Å². The molecule has 100 valence electrons. The first-order valence-electron chi connectivity index (χ1n) is 6.53. The van der Waals surface area contributed by atoms with Crippen molar-refractivity contribution < 1.29 is 9.84 Å². The number of aliphatic hydroxyl groups is 1. The van der Waals surface area contributed by atoms with Crippen LogP contribution in [0.2, 0.25) is 0 Å². The Bertz CT molecular complexity index is 517. The van der Waals surface area contributed by atoms with Gasteiger partial charge in [-0.05, 0) is 36.6 Å². The third kappa shape index (κ3) is 3.58. The molecule has 1 N–H and O–H groups in total. The summed E-state index contributed by atoms with van der Waals surface area (Å²) in [6, 6.07) is 16.4. The van der Waals surface area contributed by atoms with Gasteiger partial charge in [-0.3, -0.25) is 0 Å².